The molecule has 0 spiro atoms. The molecule has 6 nitrogen and oxygen atoms in total. The lowest BCUT2D eigenvalue weighted by molar-refractivity contribution is 0.0636. The van der Waals surface area contributed by atoms with Crippen LogP contribution in [-0.4, -0.2) is 29.3 Å². The number of pyridine rings is 1. The summed E-state index contributed by atoms with van der Waals surface area (Å²) in [7, 11) is 0. The molecule has 0 bridgehead atoms. The van der Waals surface area contributed by atoms with Crippen LogP contribution in [0.3, 0.4) is 0 Å². The highest BCUT2D eigenvalue weighted by Crippen LogP contribution is 2.11. The zero-order valence-corrected chi connectivity index (χ0v) is 11.6. The van der Waals surface area contributed by atoms with Crippen LogP contribution in [0.5, 0.6) is 0 Å². The fourth-order valence-electron chi connectivity index (χ4n) is 1.39. The van der Waals surface area contributed by atoms with Crippen molar-refractivity contribution in [2.45, 2.75) is 38.8 Å². The number of nitrogens with zero attached hydrogens (tertiary/aromatic N) is 1. The summed E-state index contributed by atoms with van der Waals surface area (Å²) in [5.74, 6) is 0. The summed E-state index contributed by atoms with van der Waals surface area (Å²) >= 11 is 0. The Hall–Kier alpha value is -1.66. The largest absolute Gasteiger partial charge is 0.444 e. The first-order valence-corrected chi connectivity index (χ1v) is 6.21. The highest BCUT2D eigenvalue weighted by Gasteiger charge is 2.16. The van der Waals surface area contributed by atoms with Gasteiger partial charge >= 0.3 is 6.09 Å². The molecule has 0 saturated carbocycles. The molecule has 0 fully saturated rings. The molecule has 6 heteroatoms. The Morgan fingerprint density at radius 2 is 2.16 bits per heavy atom. The van der Waals surface area contributed by atoms with Crippen LogP contribution in [0.25, 0.3) is 0 Å². The molecule has 1 amide bonds. The molecule has 1 rings (SSSR count). The van der Waals surface area contributed by atoms with E-state index in [0.717, 1.165) is 5.69 Å². The second kappa shape index (κ2) is 6.49. The van der Waals surface area contributed by atoms with Crippen LogP contribution in [-0.2, 0) is 11.2 Å². The van der Waals surface area contributed by atoms with E-state index < -0.39 is 11.7 Å². The van der Waals surface area contributed by atoms with Gasteiger partial charge in [-0.15, -0.1) is 0 Å². The van der Waals surface area contributed by atoms with E-state index in [4.69, 9.17) is 16.2 Å². The number of nitrogens with one attached hydrogen (secondary N) is 1. The fraction of sp³-hybridized carbons (Fsp3) is 0.538. The predicted molar refractivity (Wildman–Crippen MR) is 74.8 cm³/mol. The highest BCUT2D eigenvalue weighted by atomic mass is 16.6. The summed E-state index contributed by atoms with van der Waals surface area (Å²) in [6.07, 6.45) is 1.69. The maximum Gasteiger partial charge on any atom is 0.412 e. The average Bonchev–Trinajstić information content (AvgIpc) is 2.29. The average molecular weight is 266 g/mol. The van der Waals surface area contributed by atoms with Crippen molar-refractivity contribution in [2.24, 2.45) is 11.5 Å². The molecule has 106 valence electrons. The van der Waals surface area contributed by atoms with E-state index in [1.165, 1.54) is 0 Å². The molecule has 0 aliphatic heterocycles. The minimum atomic E-state index is -0.522. The summed E-state index contributed by atoms with van der Waals surface area (Å²) in [5, 5.41) is 2.61. The Morgan fingerprint density at radius 3 is 2.63 bits per heavy atom. The summed E-state index contributed by atoms with van der Waals surface area (Å²) in [5.41, 5.74) is 12.1. The van der Waals surface area contributed by atoms with Gasteiger partial charge in [0, 0.05) is 24.7 Å². The molecule has 1 aromatic rings. The summed E-state index contributed by atoms with van der Waals surface area (Å²) in [6.45, 7) is 5.84. The van der Waals surface area contributed by atoms with Crippen LogP contribution in [0.1, 0.15) is 26.5 Å². The first-order valence-electron chi connectivity index (χ1n) is 6.21. The second-order valence-electron chi connectivity index (χ2n) is 5.37. The Labute approximate surface area is 113 Å². The van der Waals surface area contributed by atoms with Crippen LogP contribution in [0.4, 0.5) is 10.5 Å². The normalized spacial score (nSPS) is 12.9. The Bertz CT molecular complexity index is 412. The third-order valence-corrected chi connectivity index (χ3v) is 2.24. The number of anilines is 1. The lowest BCUT2D eigenvalue weighted by Gasteiger charge is -2.19. The molecule has 0 aliphatic rings. The topological polar surface area (TPSA) is 103 Å². The first kappa shape index (κ1) is 15.4. The fourth-order valence-corrected chi connectivity index (χ4v) is 1.39. The SMILES string of the molecule is CC(C)(C)OC(=O)Nc1ccc(CC(N)CN)nc1. The maximum absolute atomic E-state index is 11.5. The highest BCUT2D eigenvalue weighted by molar-refractivity contribution is 5.84. The van der Waals surface area contributed by atoms with Crippen molar-refractivity contribution in [3.63, 3.8) is 0 Å². The van der Waals surface area contributed by atoms with E-state index in [1.807, 2.05) is 26.8 Å². The van der Waals surface area contributed by atoms with Crippen LogP contribution in [0.2, 0.25) is 0 Å². The molecule has 1 unspecified atom stereocenters. The van der Waals surface area contributed by atoms with Gasteiger partial charge < -0.3 is 16.2 Å². The summed E-state index contributed by atoms with van der Waals surface area (Å²) in [4.78, 5) is 15.7. The van der Waals surface area contributed by atoms with Gasteiger partial charge in [0.2, 0.25) is 0 Å². The molecule has 1 heterocycles. The quantitative estimate of drug-likeness (QED) is 0.761. The minimum Gasteiger partial charge on any atom is -0.444 e. The Kier molecular flexibility index (Phi) is 5.26. The second-order valence-corrected chi connectivity index (χ2v) is 5.37. The number of aromatic nitrogens is 1. The smallest absolute Gasteiger partial charge is 0.412 e. The number of amides is 1. The van der Waals surface area contributed by atoms with Crippen molar-refractivity contribution < 1.29 is 9.53 Å². The van der Waals surface area contributed by atoms with Gasteiger partial charge in [-0.3, -0.25) is 10.3 Å². The summed E-state index contributed by atoms with van der Waals surface area (Å²) in [6, 6.07) is 3.47. The number of nitrogens with two attached hydrogens (primary N) is 2. The molecule has 5 N–H and O–H groups in total. The lowest BCUT2D eigenvalue weighted by atomic mass is 10.1. The molecule has 0 radical (unpaired) electrons. The van der Waals surface area contributed by atoms with Crippen LogP contribution in [0.15, 0.2) is 18.3 Å². The van der Waals surface area contributed by atoms with Gasteiger partial charge in [0.1, 0.15) is 5.60 Å². The van der Waals surface area contributed by atoms with E-state index >= 15 is 0 Å². The molecule has 0 aromatic carbocycles. The zero-order valence-electron chi connectivity index (χ0n) is 11.6. The van der Waals surface area contributed by atoms with Crippen LogP contribution >= 0.6 is 0 Å². The van der Waals surface area contributed by atoms with E-state index in [9.17, 15) is 4.79 Å². The van der Waals surface area contributed by atoms with Crippen molar-refractivity contribution in [2.75, 3.05) is 11.9 Å². The van der Waals surface area contributed by atoms with Crippen LogP contribution < -0.4 is 16.8 Å². The van der Waals surface area contributed by atoms with E-state index in [2.05, 4.69) is 10.3 Å². The number of hydrogen-bond donors (Lipinski definition) is 3. The van der Waals surface area contributed by atoms with Gasteiger partial charge in [-0.1, -0.05) is 0 Å². The lowest BCUT2D eigenvalue weighted by Crippen LogP contribution is -2.32. The van der Waals surface area contributed by atoms with Crippen molar-refractivity contribution in [1.29, 1.82) is 0 Å². The minimum absolute atomic E-state index is 0.0998. The number of hydrogen-bond acceptors (Lipinski definition) is 5. The number of carbonyl (C=O) groups is 1. The van der Waals surface area contributed by atoms with E-state index in [0.29, 0.717) is 18.7 Å². The third-order valence-electron chi connectivity index (χ3n) is 2.24. The van der Waals surface area contributed by atoms with Crippen LogP contribution in [0, 0.1) is 0 Å². The van der Waals surface area contributed by atoms with Gasteiger partial charge in [-0.25, -0.2) is 4.79 Å². The van der Waals surface area contributed by atoms with Crippen molar-refractivity contribution in [1.82, 2.24) is 4.98 Å². The molecule has 0 aliphatic carbocycles. The predicted octanol–water partition coefficient (Wildman–Crippen LogP) is 1.26. The van der Waals surface area contributed by atoms with Gasteiger partial charge in [0.15, 0.2) is 0 Å². The summed E-state index contributed by atoms with van der Waals surface area (Å²) < 4.78 is 5.14. The number of rotatable bonds is 4. The monoisotopic (exact) mass is 266 g/mol. The standard InChI is InChI=1S/C13H22N4O2/c1-13(2,3)19-12(18)17-11-5-4-10(16-8-11)6-9(15)7-14/h4-5,8-9H,6-7,14-15H2,1-3H3,(H,17,18). The van der Waals surface area contributed by atoms with Crippen molar-refractivity contribution >= 4 is 11.8 Å². The molecule has 1 atom stereocenters. The van der Waals surface area contributed by atoms with Crippen molar-refractivity contribution in [3.05, 3.63) is 24.0 Å². The number of carbonyl (C=O) groups excluding carboxylic acids is 1. The molecule has 1 aromatic heterocycles. The van der Waals surface area contributed by atoms with Gasteiger partial charge in [0.25, 0.3) is 0 Å². The molecule has 19 heavy (non-hydrogen) atoms. The van der Waals surface area contributed by atoms with Gasteiger partial charge in [-0.2, -0.15) is 0 Å². The van der Waals surface area contributed by atoms with Gasteiger partial charge in [-0.05, 0) is 32.9 Å². The first-order chi connectivity index (χ1) is 8.80. The maximum atomic E-state index is 11.5. The third kappa shape index (κ3) is 6.17. The zero-order chi connectivity index (χ0) is 14.5. The van der Waals surface area contributed by atoms with Crippen molar-refractivity contribution in [3.8, 4) is 0 Å². The number of ether oxygens (including phenoxy) is 1. The Balaban J connectivity index is 2.55. The van der Waals surface area contributed by atoms with Gasteiger partial charge in [0.05, 0.1) is 11.9 Å². The molecular formula is C13H22N4O2. The molecule has 0 saturated heterocycles. The molecular weight excluding hydrogens is 244 g/mol. The van der Waals surface area contributed by atoms with E-state index in [-0.39, 0.29) is 6.04 Å². The Morgan fingerprint density at radius 1 is 1.47 bits per heavy atom. The van der Waals surface area contributed by atoms with E-state index in [1.54, 1.807) is 12.3 Å².